The summed E-state index contributed by atoms with van der Waals surface area (Å²) in [4.78, 5) is 10.6. The van der Waals surface area contributed by atoms with Gasteiger partial charge in [0, 0.05) is 31.1 Å². The second-order valence-electron chi connectivity index (χ2n) is 6.06. The maximum absolute atomic E-state index is 8.90. The molecule has 2 heterocycles. The van der Waals surface area contributed by atoms with Crippen LogP contribution in [0.15, 0.2) is 5.16 Å². The Labute approximate surface area is 130 Å². The predicted molar refractivity (Wildman–Crippen MR) is 85.9 cm³/mol. The molecule has 0 unspecified atom stereocenters. The van der Waals surface area contributed by atoms with E-state index < -0.39 is 5.54 Å². The second kappa shape index (κ2) is 6.29. The van der Waals surface area contributed by atoms with E-state index in [9.17, 15) is 0 Å². The molecule has 2 rings (SSSR count). The van der Waals surface area contributed by atoms with Gasteiger partial charge in [0.25, 0.3) is 0 Å². The molecule has 118 valence electrons. The number of oxime groups is 1. The van der Waals surface area contributed by atoms with Gasteiger partial charge in [0.15, 0.2) is 5.84 Å². The van der Waals surface area contributed by atoms with E-state index >= 15 is 0 Å². The van der Waals surface area contributed by atoms with Crippen molar-refractivity contribution in [1.29, 1.82) is 0 Å². The Balaban J connectivity index is 1.91. The molecule has 0 amide bonds. The SMILES string of the molecule is Cc1nc(CN2CCN(C(C)(C)C(N)=NO)CC2)sc1C. The van der Waals surface area contributed by atoms with E-state index in [0.29, 0.717) is 0 Å². The Morgan fingerprint density at radius 1 is 1.33 bits per heavy atom. The van der Waals surface area contributed by atoms with Crippen LogP contribution in [0.25, 0.3) is 0 Å². The molecule has 1 fully saturated rings. The van der Waals surface area contributed by atoms with Gasteiger partial charge in [0.05, 0.1) is 17.8 Å². The first kappa shape index (κ1) is 16.2. The van der Waals surface area contributed by atoms with Gasteiger partial charge in [-0.15, -0.1) is 11.3 Å². The van der Waals surface area contributed by atoms with E-state index in [1.807, 2.05) is 13.8 Å². The van der Waals surface area contributed by atoms with E-state index in [1.165, 1.54) is 9.88 Å². The van der Waals surface area contributed by atoms with E-state index in [-0.39, 0.29) is 5.84 Å². The van der Waals surface area contributed by atoms with Crippen molar-refractivity contribution in [2.24, 2.45) is 10.9 Å². The third kappa shape index (κ3) is 3.53. The number of aryl methyl sites for hydroxylation is 2. The molecule has 21 heavy (non-hydrogen) atoms. The van der Waals surface area contributed by atoms with Crippen molar-refractivity contribution in [1.82, 2.24) is 14.8 Å². The number of nitrogens with two attached hydrogens (primary N) is 1. The van der Waals surface area contributed by atoms with Crippen molar-refractivity contribution in [3.8, 4) is 0 Å². The lowest BCUT2D eigenvalue weighted by Crippen LogP contribution is -2.59. The fourth-order valence-corrected chi connectivity index (χ4v) is 3.52. The van der Waals surface area contributed by atoms with Crippen LogP contribution in [0, 0.1) is 13.8 Å². The zero-order valence-electron chi connectivity index (χ0n) is 13.3. The predicted octanol–water partition coefficient (Wildman–Crippen LogP) is 1.40. The van der Waals surface area contributed by atoms with Gasteiger partial charge < -0.3 is 10.9 Å². The van der Waals surface area contributed by atoms with Crippen LogP contribution >= 0.6 is 11.3 Å². The van der Waals surface area contributed by atoms with Crippen LogP contribution in [0.3, 0.4) is 0 Å². The van der Waals surface area contributed by atoms with E-state index in [4.69, 9.17) is 10.9 Å². The largest absolute Gasteiger partial charge is 0.409 e. The fraction of sp³-hybridized carbons (Fsp3) is 0.714. The van der Waals surface area contributed by atoms with Crippen LogP contribution in [0.4, 0.5) is 0 Å². The summed E-state index contributed by atoms with van der Waals surface area (Å²) in [6, 6.07) is 0. The third-order valence-corrected chi connectivity index (χ3v) is 5.39. The quantitative estimate of drug-likeness (QED) is 0.380. The molecule has 0 spiro atoms. The molecular formula is C14H25N5OS. The number of thiazole rings is 1. The van der Waals surface area contributed by atoms with Crippen LogP contribution in [0.2, 0.25) is 0 Å². The highest BCUT2D eigenvalue weighted by Gasteiger charge is 2.33. The average Bonchev–Trinajstić information content (AvgIpc) is 2.76. The highest BCUT2D eigenvalue weighted by molar-refractivity contribution is 7.11. The smallest absolute Gasteiger partial charge is 0.159 e. The molecule has 1 aromatic heterocycles. The van der Waals surface area contributed by atoms with Crippen LogP contribution in [-0.4, -0.2) is 57.5 Å². The lowest BCUT2D eigenvalue weighted by molar-refractivity contribution is 0.0793. The highest BCUT2D eigenvalue weighted by atomic mass is 32.1. The minimum Gasteiger partial charge on any atom is -0.409 e. The molecule has 1 aliphatic heterocycles. The number of rotatable bonds is 4. The Morgan fingerprint density at radius 2 is 1.95 bits per heavy atom. The molecule has 3 N–H and O–H groups in total. The van der Waals surface area contributed by atoms with Gasteiger partial charge in [-0.3, -0.25) is 9.80 Å². The van der Waals surface area contributed by atoms with Gasteiger partial charge >= 0.3 is 0 Å². The number of hydrogen-bond donors (Lipinski definition) is 2. The minimum absolute atomic E-state index is 0.266. The monoisotopic (exact) mass is 311 g/mol. The van der Waals surface area contributed by atoms with Gasteiger partial charge in [0.1, 0.15) is 5.01 Å². The molecule has 6 nitrogen and oxygen atoms in total. The van der Waals surface area contributed by atoms with Crippen molar-refractivity contribution < 1.29 is 5.21 Å². The molecule has 1 aliphatic rings. The molecule has 0 saturated carbocycles. The highest BCUT2D eigenvalue weighted by Crippen LogP contribution is 2.21. The molecular weight excluding hydrogens is 286 g/mol. The van der Waals surface area contributed by atoms with Gasteiger partial charge in [-0.05, 0) is 27.7 Å². The Morgan fingerprint density at radius 3 is 2.43 bits per heavy atom. The summed E-state index contributed by atoms with van der Waals surface area (Å²) < 4.78 is 0. The van der Waals surface area contributed by atoms with Gasteiger partial charge in [-0.1, -0.05) is 5.16 Å². The number of amidine groups is 1. The third-order valence-electron chi connectivity index (χ3n) is 4.33. The lowest BCUT2D eigenvalue weighted by Gasteiger charge is -2.43. The molecule has 0 atom stereocenters. The van der Waals surface area contributed by atoms with Crippen molar-refractivity contribution >= 4 is 17.2 Å². The summed E-state index contributed by atoms with van der Waals surface area (Å²) in [5.41, 5.74) is 6.53. The van der Waals surface area contributed by atoms with Crippen LogP contribution in [-0.2, 0) is 6.54 Å². The van der Waals surface area contributed by atoms with E-state index in [1.54, 1.807) is 11.3 Å². The topological polar surface area (TPSA) is 78.0 Å². The molecule has 0 bridgehead atoms. The van der Waals surface area contributed by atoms with Gasteiger partial charge in [-0.2, -0.15) is 0 Å². The summed E-state index contributed by atoms with van der Waals surface area (Å²) in [5, 5.41) is 13.2. The maximum Gasteiger partial charge on any atom is 0.159 e. The summed E-state index contributed by atoms with van der Waals surface area (Å²) in [6.45, 7) is 12.8. The summed E-state index contributed by atoms with van der Waals surface area (Å²) in [7, 11) is 0. The average molecular weight is 311 g/mol. The summed E-state index contributed by atoms with van der Waals surface area (Å²) >= 11 is 1.78. The van der Waals surface area contributed by atoms with Crippen LogP contribution in [0.5, 0.6) is 0 Å². The zero-order valence-corrected chi connectivity index (χ0v) is 14.1. The Kier molecular flexibility index (Phi) is 4.85. The van der Waals surface area contributed by atoms with Crippen LogP contribution < -0.4 is 5.73 Å². The fourth-order valence-electron chi connectivity index (χ4n) is 2.55. The molecule has 1 saturated heterocycles. The molecule has 1 aromatic rings. The normalized spacial score (nSPS) is 19.1. The van der Waals surface area contributed by atoms with Crippen molar-refractivity contribution in [3.63, 3.8) is 0 Å². The standard InChI is InChI=1S/C14H25N5OS/c1-10-11(2)21-12(16-10)9-18-5-7-19(8-6-18)14(3,4)13(15)17-20/h20H,5-9H2,1-4H3,(H2,15,17). The van der Waals surface area contributed by atoms with Gasteiger partial charge in [0.2, 0.25) is 0 Å². The number of nitrogens with zero attached hydrogens (tertiary/aromatic N) is 4. The Bertz CT molecular complexity index is 498. The molecule has 0 aliphatic carbocycles. The zero-order chi connectivity index (χ0) is 15.6. The van der Waals surface area contributed by atoms with Crippen LogP contribution in [0.1, 0.15) is 29.4 Å². The van der Waals surface area contributed by atoms with E-state index in [2.05, 4.69) is 33.8 Å². The lowest BCUT2D eigenvalue weighted by atomic mass is 10.0. The van der Waals surface area contributed by atoms with Crippen molar-refractivity contribution in [2.75, 3.05) is 26.2 Å². The first-order valence-electron chi connectivity index (χ1n) is 7.23. The molecule has 0 aromatic carbocycles. The first-order chi connectivity index (χ1) is 9.84. The van der Waals surface area contributed by atoms with Crippen molar-refractivity contribution in [2.45, 2.75) is 39.8 Å². The Hall–Kier alpha value is -1.18. The first-order valence-corrected chi connectivity index (χ1v) is 8.04. The number of aromatic nitrogens is 1. The minimum atomic E-state index is -0.408. The van der Waals surface area contributed by atoms with Gasteiger partial charge in [-0.25, -0.2) is 4.98 Å². The number of piperazine rings is 1. The van der Waals surface area contributed by atoms with E-state index in [0.717, 1.165) is 38.4 Å². The molecule has 0 radical (unpaired) electrons. The summed E-state index contributed by atoms with van der Waals surface area (Å²) in [5.74, 6) is 0.266. The van der Waals surface area contributed by atoms with Crippen molar-refractivity contribution in [3.05, 3.63) is 15.6 Å². The second-order valence-corrected chi connectivity index (χ2v) is 7.34. The molecule has 7 heteroatoms. The maximum atomic E-state index is 8.90. The number of hydrogen-bond acceptors (Lipinski definition) is 6. The summed E-state index contributed by atoms with van der Waals surface area (Å²) in [6.07, 6.45) is 0.